The second kappa shape index (κ2) is 7.75. The van der Waals surface area contributed by atoms with Gasteiger partial charge in [-0.15, -0.1) is 0 Å². The van der Waals surface area contributed by atoms with E-state index in [1.54, 1.807) is 37.3 Å². The van der Waals surface area contributed by atoms with E-state index in [1.807, 2.05) is 24.3 Å². The number of rotatable bonds is 4. The van der Waals surface area contributed by atoms with Crippen molar-refractivity contribution in [3.8, 4) is 5.75 Å². The first-order valence-electron chi connectivity index (χ1n) is 9.22. The second-order valence-corrected chi connectivity index (χ2v) is 6.93. The van der Waals surface area contributed by atoms with Crippen LogP contribution in [0.2, 0.25) is 0 Å². The number of aryl methyl sites for hydroxylation is 1. The van der Waals surface area contributed by atoms with E-state index >= 15 is 0 Å². The molecule has 1 aliphatic heterocycles. The highest BCUT2D eigenvalue weighted by atomic mass is 19.1. The van der Waals surface area contributed by atoms with E-state index < -0.39 is 17.8 Å². The Hall–Kier alpha value is -3.67. The van der Waals surface area contributed by atoms with Crippen LogP contribution < -0.4 is 15.4 Å². The average molecular weight is 390 g/mol. The maximum absolute atomic E-state index is 14.0. The number of amides is 2. The first-order chi connectivity index (χ1) is 14.0. The van der Waals surface area contributed by atoms with Gasteiger partial charge in [0.15, 0.2) is 6.10 Å². The molecule has 0 fully saturated rings. The van der Waals surface area contributed by atoms with Crippen LogP contribution in [-0.2, 0) is 11.2 Å². The molecular formula is C23H19FN2O3. The van der Waals surface area contributed by atoms with Crippen LogP contribution >= 0.6 is 0 Å². The molecule has 0 saturated heterocycles. The third kappa shape index (κ3) is 4.11. The number of para-hydroxylation sites is 1. The maximum Gasteiger partial charge on any atom is 0.265 e. The summed E-state index contributed by atoms with van der Waals surface area (Å²) in [6.07, 6.45) is -0.124. The molecule has 1 heterocycles. The number of halogens is 1. The molecule has 146 valence electrons. The van der Waals surface area contributed by atoms with Crippen molar-refractivity contribution in [3.63, 3.8) is 0 Å². The standard InChI is InChI=1S/C23H19FN2O3/c1-14-9-10-19(18(24)11-14)26-22(27)16-6-4-7-17(12-16)25-23(28)21-13-15-5-2-3-8-20(15)29-21/h2-12,21H,13H2,1H3,(H,25,28)(H,26,27). The molecule has 3 aromatic carbocycles. The van der Waals surface area contributed by atoms with Crippen molar-refractivity contribution in [3.05, 3.63) is 89.2 Å². The van der Waals surface area contributed by atoms with Crippen molar-refractivity contribution in [2.45, 2.75) is 19.4 Å². The zero-order chi connectivity index (χ0) is 20.4. The molecule has 1 aliphatic rings. The van der Waals surface area contributed by atoms with Gasteiger partial charge < -0.3 is 15.4 Å². The Labute approximate surface area is 167 Å². The fourth-order valence-electron chi connectivity index (χ4n) is 3.21. The SMILES string of the molecule is Cc1ccc(NC(=O)c2cccc(NC(=O)C3Cc4ccccc4O3)c2)c(F)c1. The lowest BCUT2D eigenvalue weighted by atomic mass is 10.1. The highest BCUT2D eigenvalue weighted by Gasteiger charge is 2.28. The summed E-state index contributed by atoms with van der Waals surface area (Å²) in [6.45, 7) is 1.77. The molecule has 2 N–H and O–H groups in total. The maximum atomic E-state index is 14.0. The van der Waals surface area contributed by atoms with Crippen LogP contribution in [0.3, 0.4) is 0 Å². The van der Waals surface area contributed by atoms with Crippen LogP contribution in [-0.4, -0.2) is 17.9 Å². The van der Waals surface area contributed by atoms with E-state index in [9.17, 15) is 14.0 Å². The second-order valence-electron chi connectivity index (χ2n) is 6.93. The van der Waals surface area contributed by atoms with Gasteiger partial charge in [-0.25, -0.2) is 4.39 Å². The van der Waals surface area contributed by atoms with Gasteiger partial charge in [-0.2, -0.15) is 0 Å². The largest absolute Gasteiger partial charge is 0.480 e. The van der Waals surface area contributed by atoms with Crippen LogP contribution in [0.5, 0.6) is 5.75 Å². The molecule has 1 unspecified atom stereocenters. The minimum absolute atomic E-state index is 0.104. The molecule has 6 heteroatoms. The van der Waals surface area contributed by atoms with Crippen molar-refractivity contribution < 1.29 is 18.7 Å². The zero-order valence-electron chi connectivity index (χ0n) is 15.7. The van der Waals surface area contributed by atoms with Crippen LogP contribution in [0.25, 0.3) is 0 Å². The highest BCUT2D eigenvalue weighted by Crippen LogP contribution is 2.28. The summed E-state index contributed by atoms with van der Waals surface area (Å²) in [4.78, 5) is 25.0. The van der Waals surface area contributed by atoms with Crippen molar-refractivity contribution in [2.75, 3.05) is 10.6 Å². The molecule has 0 radical (unpaired) electrons. The summed E-state index contributed by atoms with van der Waals surface area (Å²) in [5.74, 6) is -0.543. The van der Waals surface area contributed by atoms with Crippen molar-refractivity contribution in [2.24, 2.45) is 0 Å². The van der Waals surface area contributed by atoms with E-state index in [0.717, 1.165) is 11.1 Å². The lowest BCUT2D eigenvalue weighted by Crippen LogP contribution is -2.31. The molecule has 0 bridgehead atoms. The number of fused-ring (bicyclic) bond motifs is 1. The number of hydrogen-bond donors (Lipinski definition) is 2. The van der Waals surface area contributed by atoms with E-state index in [-0.39, 0.29) is 11.6 Å². The number of carbonyl (C=O) groups is 2. The van der Waals surface area contributed by atoms with Crippen LogP contribution in [0.15, 0.2) is 66.7 Å². The summed E-state index contributed by atoms with van der Waals surface area (Å²) in [7, 11) is 0. The minimum Gasteiger partial charge on any atom is -0.480 e. The summed E-state index contributed by atoms with van der Waals surface area (Å²) in [6, 6.07) is 18.6. The molecule has 29 heavy (non-hydrogen) atoms. The molecule has 0 aromatic heterocycles. The normalized spacial score (nSPS) is 14.6. The Bertz CT molecular complexity index is 1070. The van der Waals surface area contributed by atoms with Gasteiger partial charge in [0.25, 0.3) is 11.8 Å². The number of carbonyl (C=O) groups excluding carboxylic acids is 2. The molecular weight excluding hydrogens is 371 g/mol. The monoisotopic (exact) mass is 390 g/mol. The van der Waals surface area contributed by atoms with E-state index in [2.05, 4.69) is 10.6 Å². The van der Waals surface area contributed by atoms with Crippen molar-refractivity contribution in [1.29, 1.82) is 0 Å². The molecule has 0 spiro atoms. The summed E-state index contributed by atoms with van der Waals surface area (Å²) < 4.78 is 19.7. The molecule has 2 amide bonds. The van der Waals surface area contributed by atoms with E-state index in [4.69, 9.17) is 4.74 Å². The average Bonchev–Trinajstić information content (AvgIpc) is 3.15. The lowest BCUT2D eigenvalue weighted by Gasteiger charge is -2.12. The lowest BCUT2D eigenvalue weighted by molar-refractivity contribution is -0.122. The van der Waals surface area contributed by atoms with Gasteiger partial charge >= 0.3 is 0 Å². The topological polar surface area (TPSA) is 67.4 Å². The summed E-state index contributed by atoms with van der Waals surface area (Å²) in [5.41, 5.74) is 2.62. The minimum atomic E-state index is -0.619. The number of hydrogen-bond acceptors (Lipinski definition) is 3. The first-order valence-corrected chi connectivity index (χ1v) is 9.22. The van der Waals surface area contributed by atoms with Gasteiger partial charge in [0.1, 0.15) is 11.6 Å². The van der Waals surface area contributed by atoms with Crippen molar-refractivity contribution in [1.82, 2.24) is 0 Å². The predicted octanol–water partition coefficient (Wildman–Crippen LogP) is 4.33. The Balaban J connectivity index is 1.43. The number of benzene rings is 3. The van der Waals surface area contributed by atoms with Gasteiger partial charge in [-0.3, -0.25) is 9.59 Å². The van der Waals surface area contributed by atoms with Gasteiger partial charge in [-0.1, -0.05) is 30.3 Å². The van der Waals surface area contributed by atoms with Gasteiger partial charge in [0.05, 0.1) is 5.69 Å². The quantitative estimate of drug-likeness (QED) is 0.697. The predicted molar refractivity (Wildman–Crippen MR) is 109 cm³/mol. The summed E-state index contributed by atoms with van der Waals surface area (Å²) >= 11 is 0. The van der Waals surface area contributed by atoms with Gasteiger partial charge in [-0.05, 0) is 54.4 Å². The Morgan fingerprint density at radius 1 is 1.00 bits per heavy atom. The third-order valence-corrected chi connectivity index (χ3v) is 4.70. The first kappa shape index (κ1) is 18.7. The molecule has 4 rings (SSSR count). The third-order valence-electron chi connectivity index (χ3n) is 4.70. The van der Waals surface area contributed by atoms with E-state index in [0.29, 0.717) is 23.4 Å². The van der Waals surface area contributed by atoms with Gasteiger partial charge in [0, 0.05) is 17.7 Å². The van der Waals surface area contributed by atoms with Crippen LogP contribution in [0.1, 0.15) is 21.5 Å². The molecule has 1 atom stereocenters. The van der Waals surface area contributed by atoms with Gasteiger partial charge in [0.2, 0.25) is 0 Å². The zero-order valence-corrected chi connectivity index (χ0v) is 15.7. The Kier molecular flexibility index (Phi) is 4.99. The number of anilines is 2. The molecule has 5 nitrogen and oxygen atoms in total. The molecule has 0 saturated carbocycles. The number of ether oxygens (including phenoxy) is 1. The number of nitrogens with one attached hydrogen (secondary N) is 2. The summed E-state index contributed by atoms with van der Waals surface area (Å²) in [5, 5.41) is 5.33. The Morgan fingerprint density at radius 3 is 2.62 bits per heavy atom. The smallest absolute Gasteiger partial charge is 0.265 e. The van der Waals surface area contributed by atoms with Crippen molar-refractivity contribution >= 4 is 23.2 Å². The van der Waals surface area contributed by atoms with Crippen LogP contribution in [0, 0.1) is 12.7 Å². The molecule has 0 aliphatic carbocycles. The van der Waals surface area contributed by atoms with Crippen LogP contribution in [0.4, 0.5) is 15.8 Å². The molecule has 3 aromatic rings. The fraction of sp³-hybridized carbons (Fsp3) is 0.130. The Morgan fingerprint density at radius 2 is 1.83 bits per heavy atom. The highest BCUT2D eigenvalue weighted by molar-refractivity contribution is 6.05. The van der Waals surface area contributed by atoms with E-state index in [1.165, 1.54) is 12.1 Å². The fourth-order valence-corrected chi connectivity index (χ4v) is 3.21.